The largest absolute Gasteiger partial charge is 0.497 e. The van der Waals surface area contributed by atoms with Gasteiger partial charge in [-0.1, -0.05) is 300 Å². The van der Waals surface area contributed by atoms with E-state index in [0.717, 1.165) is 79.4 Å². The van der Waals surface area contributed by atoms with Crippen LogP contribution >= 0.6 is 0 Å². The van der Waals surface area contributed by atoms with Crippen LogP contribution in [0.15, 0.2) is 278 Å². The van der Waals surface area contributed by atoms with Crippen molar-refractivity contribution in [2.75, 3.05) is 28.4 Å². The van der Waals surface area contributed by atoms with Gasteiger partial charge in [0.1, 0.15) is 11.6 Å². The molecule has 3 unspecified atom stereocenters. The van der Waals surface area contributed by atoms with Gasteiger partial charge in [0.2, 0.25) is 11.8 Å². The number of nitrogens with two attached hydrogens (primary N) is 1. The molecule has 98 heavy (non-hydrogen) atoms. The molecule has 0 aliphatic carbocycles. The third-order valence-electron chi connectivity index (χ3n) is 15.3. The summed E-state index contributed by atoms with van der Waals surface area (Å²) in [4.78, 5) is 50.8. The van der Waals surface area contributed by atoms with E-state index in [0.29, 0.717) is 24.1 Å². The van der Waals surface area contributed by atoms with Crippen LogP contribution in [0.3, 0.4) is 0 Å². The van der Waals surface area contributed by atoms with Gasteiger partial charge in [-0.15, -0.1) is 0 Å². The molecule has 15 rings (SSSR count). The summed E-state index contributed by atoms with van der Waals surface area (Å²) >= 11 is 0. The fourth-order valence-electron chi connectivity index (χ4n) is 10.8. The maximum Gasteiger partial charge on any atom is 0.261 e. The lowest BCUT2D eigenvalue weighted by Crippen LogP contribution is -2.40. The van der Waals surface area contributed by atoms with E-state index in [4.69, 9.17) is 10.5 Å². The molecule has 10 aromatic carbocycles. The predicted molar refractivity (Wildman–Crippen MR) is 407 cm³/mol. The number of nitrogens with zero attached hydrogens (tertiary/aromatic N) is 1. The van der Waals surface area contributed by atoms with Gasteiger partial charge in [0, 0.05) is 57.9 Å². The van der Waals surface area contributed by atoms with E-state index in [9.17, 15) is 29.4 Å². The smallest absolute Gasteiger partial charge is 0.261 e. The second-order valence-electron chi connectivity index (χ2n) is 21.2. The van der Waals surface area contributed by atoms with Crippen molar-refractivity contribution in [2.24, 2.45) is 10.7 Å². The summed E-state index contributed by atoms with van der Waals surface area (Å²) in [5, 5.41) is 32.7. The third kappa shape index (κ3) is 21.3. The van der Waals surface area contributed by atoms with E-state index in [1.807, 2.05) is 324 Å². The van der Waals surface area contributed by atoms with Crippen molar-refractivity contribution in [1.29, 1.82) is 0 Å². The highest BCUT2D eigenvalue weighted by Crippen LogP contribution is 2.41. The van der Waals surface area contributed by atoms with Crippen LogP contribution in [0.5, 0.6) is 5.75 Å². The Kier molecular flexibility index (Phi) is 32.6. The SMILES string of the molecule is CC.CC.CC.CC.CC.COc1ccccc1.NC1=Nc2ccccc2C1(O)Cc1ccccc1.O=C1Cc2ccccc2N1.O=C1Nc2ccccc2/C1=C\c1ccccc1.O=C1Nc2ccccc2C1(O)Cc1ccccc1.O=C1Nc2ccccc2C1Cc1ccccc1. The number of aliphatic imine (C=N–C) groups is 1. The third-order valence-corrected chi connectivity index (χ3v) is 15.3. The first kappa shape index (κ1) is 77.7. The molecular formula is C85H96N6O7. The van der Waals surface area contributed by atoms with Gasteiger partial charge in [-0.3, -0.25) is 19.2 Å². The van der Waals surface area contributed by atoms with E-state index in [-0.39, 0.29) is 41.8 Å². The Labute approximate surface area is 580 Å². The van der Waals surface area contributed by atoms with Crippen LogP contribution in [0.2, 0.25) is 0 Å². The molecule has 10 aromatic rings. The molecule has 4 amide bonds. The molecule has 5 heterocycles. The van der Waals surface area contributed by atoms with E-state index in [2.05, 4.69) is 38.4 Å². The minimum Gasteiger partial charge on any atom is -0.497 e. The first-order chi connectivity index (χ1) is 47.9. The Morgan fingerprint density at radius 3 is 1.47 bits per heavy atom. The number of amidine groups is 1. The van der Waals surface area contributed by atoms with Crippen molar-refractivity contribution in [1.82, 2.24) is 0 Å². The molecule has 0 radical (unpaired) electrons. The van der Waals surface area contributed by atoms with Crippen molar-refractivity contribution < 1.29 is 34.1 Å². The number of anilines is 4. The van der Waals surface area contributed by atoms with Gasteiger partial charge in [0.15, 0.2) is 11.2 Å². The fourth-order valence-corrected chi connectivity index (χ4v) is 10.8. The Balaban J connectivity index is 0.000000210. The molecule has 3 atom stereocenters. The van der Waals surface area contributed by atoms with Crippen molar-refractivity contribution in [2.45, 2.75) is 112 Å². The second kappa shape index (κ2) is 41.1. The first-order valence-corrected chi connectivity index (χ1v) is 33.8. The molecule has 13 heteroatoms. The van der Waals surface area contributed by atoms with Crippen LogP contribution in [0, 0.1) is 0 Å². The zero-order valence-corrected chi connectivity index (χ0v) is 58.4. The van der Waals surface area contributed by atoms with Gasteiger partial charge in [0.05, 0.1) is 25.1 Å². The van der Waals surface area contributed by atoms with Crippen LogP contribution in [0.25, 0.3) is 11.6 Å². The molecule has 508 valence electrons. The number of amides is 4. The highest BCUT2D eigenvalue weighted by Gasteiger charge is 2.45. The average molecular weight is 1310 g/mol. The number of nitrogens with one attached hydrogen (secondary N) is 4. The van der Waals surface area contributed by atoms with Crippen LogP contribution in [-0.2, 0) is 56.1 Å². The molecule has 5 aliphatic rings. The van der Waals surface area contributed by atoms with Gasteiger partial charge >= 0.3 is 0 Å². The van der Waals surface area contributed by atoms with Crippen LogP contribution < -0.4 is 31.7 Å². The summed E-state index contributed by atoms with van der Waals surface area (Å²) in [6.07, 6.45) is 3.96. The second-order valence-corrected chi connectivity index (χ2v) is 21.2. The van der Waals surface area contributed by atoms with Crippen LogP contribution in [0.4, 0.5) is 28.4 Å². The highest BCUT2D eigenvalue weighted by atomic mass is 16.5. The van der Waals surface area contributed by atoms with Crippen molar-refractivity contribution in [3.8, 4) is 5.75 Å². The number of carbonyl (C=O) groups is 4. The lowest BCUT2D eigenvalue weighted by Gasteiger charge is -2.24. The summed E-state index contributed by atoms with van der Waals surface area (Å²) in [5.41, 5.74) is 17.1. The number of hydrogen-bond donors (Lipinski definition) is 7. The number of para-hydroxylation sites is 6. The molecule has 5 aliphatic heterocycles. The standard InChI is InChI=1S/C15H14N2O.C15H13NO2.C15H13NO.C15H11NO.C8H7NO.C7H8O.5C2H6/c16-14-15(18,10-11-6-2-1-3-7-11)12-8-4-5-9-13(12)17-14;17-14-15(18,10-11-6-2-1-3-7-11)12-8-4-5-9-13(12)16-14;2*17-15-13(10-11-6-2-1-3-7-11)12-8-4-5-9-14(12)16-15;10-8-5-6-3-1-2-4-7(6)9-8;1-8-7-5-3-2-4-6-7;5*1-2/h1-9,18H,10H2,(H2,16,17);1-9,18H,10H2,(H,16,17);1-9,13H,10H2,(H,16,17);1-10H,(H,16,17);1-4H,5H2,(H,9,10);2-6H,1H3;5*1-2H3/b;;;13-10+;;;;;;;. The average Bonchev–Trinajstić information content (AvgIpc) is 1.71. The fraction of sp³-hybridized carbons (Fsp3) is 0.212. The minimum atomic E-state index is -1.46. The number of benzene rings is 10. The Bertz CT molecular complexity index is 4040. The molecule has 8 N–H and O–H groups in total. The summed E-state index contributed by atoms with van der Waals surface area (Å²) in [7, 11) is 1.66. The number of ether oxygens (including phenoxy) is 1. The maximum absolute atomic E-state index is 12.0. The van der Waals surface area contributed by atoms with Gasteiger partial charge in [-0.2, -0.15) is 0 Å². The number of rotatable bonds is 8. The Morgan fingerprint density at radius 1 is 0.459 bits per heavy atom. The van der Waals surface area contributed by atoms with E-state index >= 15 is 0 Å². The lowest BCUT2D eigenvalue weighted by atomic mass is 9.87. The van der Waals surface area contributed by atoms with Crippen LogP contribution in [-0.4, -0.2) is 46.8 Å². The van der Waals surface area contributed by atoms with Gasteiger partial charge in [-0.05, 0) is 88.3 Å². The summed E-state index contributed by atoms with van der Waals surface area (Å²) in [6.45, 7) is 20.0. The maximum atomic E-state index is 12.0. The normalized spacial score (nSPS) is 16.2. The Morgan fingerprint density at radius 2 is 0.908 bits per heavy atom. The van der Waals surface area contributed by atoms with Gasteiger partial charge in [-0.25, -0.2) is 4.99 Å². The summed E-state index contributed by atoms with van der Waals surface area (Å²) < 4.78 is 4.91. The molecule has 0 spiro atoms. The monoisotopic (exact) mass is 1310 g/mol. The zero-order valence-electron chi connectivity index (χ0n) is 58.4. The topological polar surface area (TPSA) is 204 Å². The number of methoxy groups -OCH3 is 1. The molecule has 0 fully saturated rings. The number of hydrogen-bond acceptors (Lipinski definition) is 9. The molecular weight excluding hydrogens is 1220 g/mol. The summed E-state index contributed by atoms with van der Waals surface area (Å²) in [5.74, 6) is 0.951. The molecule has 0 saturated carbocycles. The molecule has 0 saturated heterocycles. The molecule has 13 nitrogen and oxygen atoms in total. The lowest BCUT2D eigenvalue weighted by molar-refractivity contribution is -0.133. The predicted octanol–water partition coefficient (Wildman–Crippen LogP) is 18.3. The zero-order chi connectivity index (χ0) is 71.3. The van der Waals surface area contributed by atoms with Gasteiger partial charge < -0.3 is 42.0 Å². The summed E-state index contributed by atoms with van der Waals surface area (Å²) in [6, 6.07) is 87.2. The Hall–Kier alpha value is -11.0. The number of aliphatic hydroxyl groups is 2. The number of fused-ring (bicyclic) bond motifs is 5. The number of carbonyl (C=O) groups excluding carboxylic acids is 4. The molecule has 0 bridgehead atoms. The van der Waals surface area contributed by atoms with Crippen molar-refractivity contribution >= 4 is 69.6 Å². The van der Waals surface area contributed by atoms with Crippen LogP contribution in [0.1, 0.15) is 125 Å². The van der Waals surface area contributed by atoms with E-state index < -0.39 is 11.2 Å². The quantitative estimate of drug-likeness (QED) is 0.0728. The van der Waals surface area contributed by atoms with E-state index in [1.165, 1.54) is 5.56 Å². The minimum absolute atomic E-state index is 0.0324. The van der Waals surface area contributed by atoms with Gasteiger partial charge in [0.25, 0.3) is 11.8 Å². The van der Waals surface area contributed by atoms with Crippen molar-refractivity contribution in [3.05, 3.63) is 323 Å². The first-order valence-electron chi connectivity index (χ1n) is 33.8. The molecule has 0 aromatic heterocycles. The van der Waals surface area contributed by atoms with Crippen molar-refractivity contribution in [3.63, 3.8) is 0 Å². The highest BCUT2D eigenvalue weighted by molar-refractivity contribution is 6.34. The van der Waals surface area contributed by atoms with E-state index in [1.54, 1.807) is 19.2 Å².